The van der Waals surface area contributed by atoms with E-state index >= 15 is 0 Å². The zero-order chi connectivity index (χ0) is 10.1. The van der Waals surface area contributed by atoms with Gasteiger partial charge < -0.3 is 5.73 Å². The van der Waals surface area contributed by atoms with E-state index in [2.05, 4.69) is 12.0 Å². The first-order valence-electron chi connectivity index (χ1n) is 5.11. The molecule has 3 nitrogen and oxygen atoms in total. The normalized spacial score (nSPS) is 27.9. The van der Waals surface area contributed by atoms with Crippen LogP contribution in [0.5, 0.6) is 0 Å². The maximum absolute atomic E-state index is 5.99. The summed E-state index contributed by atoms with van der Waals surface area (Å²) in [6.07, 6.45) is 4.35. The molecule has 0 spiro atoms. The van der Waals surface area contributed by atoms with Crippen molar-refractivity contribution in [3.8, 4) is 0 Å². The second-order valence-corrected chi connectivity index (χ2v) is 5.43. The van der Waals surface area contributed by atoms with Crippen LogP contribution < -0.4 is 5.73 Å². The van der Waals surface area contributed by atoms with E-state index in [1.54, 1.807) is 0 Å². The summed E-state index contributed by atoms with van der Waals surface area (Å²) in [5.74, 6) is 2.11. The molecule has 1 fully saturated rings. The monoisotopic (exact) mass is 211 g/mol. The van der Waals surface area contributed by atoms with Crippen LogP contribution in [0, 0.1) is 6.92 Å². The minimum absolute atomic E-state index is 0.488. The van der Waals surface area contributed by atoms with Gasteiger partial charge in [-0.05, 0) is 25.5 Å². The predicted molar refractivity (Wildman–Crippen MR) is 61.6 cm³/mol. The van der Waals surface area contributed by atoms with Crippen LogP contribution in [-0.2, 0) is 0 Å². The standard InChI is InChI=1S/C10H17N3S/c1-7-6-12-13(10(7)11)9-4-3-5-14-8(9)2/h6,8-9H,3-5,11H2,1-2H3. The third-order valence-electron chi connectivity index (χ3n) is 2.91. The van der Waals surface area contributed by atoms with Crippen LogP contribution in [0.2, 0.25) is 0 Å². The smallest absolute Gasteiger partial charge is 0.124 e. The van der Waals surface area contributed by atoms with E-state index in [0.29, 0.717) is 11.3 Å². The van der Waals surface area contributed by atoms with Crippen LogP contribution in [0.25, 0.3) is 0 Å². The number of hydrogen-bond donors (Lipinski definition) is 1. The molecule has 0 aromatic carbocycles. The van der Waals surface area contributed by atoms with E-state index in [1.807, 2.05) is 29.6 Å². The Morgan fingerprint density at radius 3 is 3.00 bits per heavy atom. The number of nitrogens with zero attached hydrogens (tertiary/aromatic N) is 2. The molecule has 2 rings (SSSR count). The molecule has 1 aliphatic heterocycles. The zero-order valence-corrected chi connectivity index (χ0v) is 9.55. The fourth-order valence-corrected chi connectivity index (χ4v) is 3.13. The van der Waals surface area contributed by atoms with Crippen LogP contribution in [0.15, 0.2) is 6.20 Å². The van der Waals surface area contributed by atoms with Crippen molar-refractivity contribution in [1.29, 1.82) is 0 Å². The van der Waals surface area contributed by atoms with Crippen molar-refractivity contribution in [1.82, 2.24) is 9.78 Å². The van der Waals surface area contributed by atoms with Crippen molar-refractivity contribution in [2.45, 2.75) is 38.0 Å². The van der Waals surface area contributed by atoms with E-state index in [4.69, 9.17) is 5.73 Å². The SMILES string of the molecule is Cc1cnn(C2CCCSC2C)c1N. The van der Waals surface area contributed by atoms with Crippen LogP contribution >= 0.6 is 11.8 Å². The predicted octanol–water partition coefficient (Wildman–Crippen LogP) is 2.23. The summed E-state index contributed by atoms with van der Waals surface area (Å²) >= 11 is 2.02. The van der Waals surface area contributed by atoms with Crippen molar-refractivity contribution in [2.75, 3.05) is 11.5 Å². The highest BCUT2D eigenvalue weighted by molar-refractivity contribution is 7.99. The van der Waals surface area contributed by atoms with Crippen molar-refractivity contribution in [2.24, 2.45) is 0 Å². The summed E-state index contributed by atoms with van der Waals surface area (Å²) in [5, 5.41) is 5.00. The Labute approximate surface area is 89.1 Å². The van der Waals surface area contributed by atoms with E-state index in [0.717, 1.165) is 11.4 Å². The minimum atomic E-state index is 0.488. The molecule has 1 aliphatic rings. The third-order valence-corrected chi connectivity index (χ3v) is 4.27. The van der Waals surface area contributed by atoms with Gasteiger partial charge in [0.05, 0.1) is 12.2 Å². The summed E-state index contributed by atoms with van der Waals surface area (Å²) in [6, 6.07) is 0.488. The van der Waals surface area contributed by atoms with Crippen LogP contribution in [0.4, 0.5) is 5.82 Å². The highest BCUT2D eigenvalue weighted by Gasteiger charge is 2.25. The number of anilines is 1. The van der Waals surface area contributed by atoms with Gasteiger partial charge in [0.2, 0.25) is 0 Å². The Balaban J connectivity index is 2.24. The van der Waals surface area contributed by atoms with E-state index in [1.165, 1.54) is 18.6 Å². The lowest BCUT2D eigenvalue weighted by molar-refractivity contribution is 0.415. The third kappa shape index (κ3) is 1.63. The fourth-order valence-electron chi connectivity index (χ4n) is 1.95. The molecule has 1 saturated heterocycles. The van der Waals surface area contributed by atoms with E-state index < -0.39 is 0 Å². The Hall–Kier alpha value is -0.640. The molecule has 1 aromatic heterocycles. The molecule has 2 atom stereocenters. The first kappa shape index (κ1) is 9.90. The molecule has 2 N–H and O–H groups in total. The number of nitrogen functional groups attached to an aromatic ring is 1. The number of hydrogen-bond acceptors (Lipinski definition) is 3. The molecule has 0 aliphatic carbocycles. The Bertz CT molecular complexity index is 321. The van der Waals surface area contributed by atoms with Gasteiger partial charge in [0, 0.05) is 10.8 Å². The second-order valence-electron chi connectivity index (χ2n) is 3.94. The van der Waals surface area contributed by atoms with E-state index in [9.17, 15) is 0 Å². The first-order valence-corrected chi connectivity index (χ1v) is 6.16. The summed E-state index contributed by atoms with van der Waals surface area (Å²) in [6.45, 7) is 4.28. The largest absolute Gasteiger partial charge is 0.384 e. The van der Waals surface area contributed by atoms with Crippen molar-refractivity contribution < 1.29 is 0 Å². The maximum atomic E-state index is 5.99. The molecule has 4 heteroatoms. The molecule has 14 heavy (non-hydrogen) atoms. The molecule has 1 aromatic rings. The lowest BCUT2D eigenvalue weighted by atomic mass is 10.1. The molecule has 2 heterocycles. The lowest BCUT2D eigenvalue weighted by Gasteiger charge is -2.29. The number of nitrogens with two attached hydrogens (primary N) is 1. The van der Waals surface area contributed by atoms with Crippen LogP contribution in [0.3, 0.4) is 0 Å². The van der Waals surface area contributed by atoms with E-state index in [-0.39, 0.29) is 0 Å². The summed E-state index contributed by atoms with van der Waals surface area (Å²) in [5.41, 5.74) is 7.08. The Morgan fingerprint density at radius 2 is 2.43 bits per heavy atom. The Kier molecular flexibility index (Phi) is 2.72. The molecular weight excluding hydrogens is 194 g/mol. The molecule has 2 unspecified atom stereocenters. The van der Waals surface area contributed by atoms with Crippen LogP contribution in [0.1, 0.15) is 31.4 Å². The Morgan fingerprint density at radius 1 is 1.64 bits per heavy atom. The first-order chi connectivity index (χ1) is 6.70. The van der Waals surface area contributed by atoms with Crippen molar-refractivity contribution in [3.05, 3.63) is 11.8 Å². The van der Waals surface area contributed by atoms with Gasteiger partial charge in [0.15, 0.2) is 0 Å². The molecule has 78 valence electrons. The number of thioether (sulfide) groups is 1. The van der Waals surface area contributed by atoms with Crippen molar-refractivity contribution in [3.63, 3.8) is 0 Å². The van der Waals surface area contributed by atoms with Crippen molar-refractivity contribution >= 4 is 17.6 Å². The summed E-state index contributed by atoms with van der Waals surface area (Å²) in [4.78, 5) is 0. The van der Waals surface area contributed by atoms with Gasteiger partial charge in [-0.3, -0.25) is 0 Å². The molecular formula is C10H17N3S. The molecule has 0 saturated carbocycles. The molecule has 0 bridgehead atoms. The van der Waals surface area contributed by atoms with Gasteiger partial charge >= 0.3 is 0 Å². The van der Waals surface area contributed by atoms with Gasteiger partial charge in [-0.1, -0.05) is 6.92 Å². The summed E-state index contributed by atoms with van der Waals surface area (Å²) < 4.78 is 2.01. The lowest BCUT2D eigenvalue weighted by Crippen LogP contribution is -2.25. The zero-order valence-electron chi connectivity index (χ0n) is 8.73. The highest BCUT2D eigenvalue weighted by Crippen LogP contribution is 2.35. The average Bonchev–Trinajstić information content (AvgIpc) is 2.49. The molecule has 0 amide bonds. The minimum Gasteiger partial charge on any atom is -0.384 e. The molecule has 0 radical (unpaired) electrons. The quantitative estimate of drug-likeness (QED) is 0.774. The summed E-state index contributed by atoms with van der Waals surface area (Å²) in [7, 11) is 0. The van der Waals surface area contributed by atoms with Gasteiger partial charge in [0.1, 0.15) is 5.82 Å². The fraction of sp³-hybridized carbons (Fsp3) is 0.700. The van der Waals surface area contributed by atoms with Gasteiger partial charge in [-0.15, -0.1) is 0 Å². The topological polar surface area (TPSA) is 43.8 Å². The van der Waals surface area contributed by atoms with Gasteiger partial charge in [-0.2, -0.15) is 16.9 Å². The van der Waals surface area contributed by atoms with Crippen LogP contribution in [-0.4, -0.2) is 20.8 Å². The van der Waals surface area contributed by atoms with Gasteiger partial charge in [0.25, 0.3) is 0 Å². The highest BCUT2D eigenvalue weighted by atomic mass is 32.2. The average molecular weight is 211 g/mol. The number of aryl methyl sites for hydroxylation is 1. The number of aromatic nitrogens is 2. The maximum Gasteiger partial charge on any atom is 0.124 e. The number of rotatable bonds is 1. The van der Waals surface area contributed by atoms with Gasteiger partial charge in [-0.25, -0.2) is 4.68 Å². The second kappa shape index (κ2) is 3.85.